The fourth-order valence-electron chi connectivity index (χ4n) is 3.31. The number of hydrogen-bond donors (Lipinski definition) is 2. The number of carbonyl (C=O) groups excluding carboxylic acids is 1. The van der Waals surface area contributed by atoms with Crippen LogP contribution in [0.4, 0.5) is 11.5 Å². The van der Waals surface area contributed by atoms with Crippen molar-refractivity contribution in [2.45, 2.75) is 35.2 Å². The second kappa shape index (κ2) is 9.62. The van der Waals surface area contributed by atoms with Gasteiger partial charge in [-0.05, 0) is 44.0 Å². The first-order valence-corrected chi connectivity index (χ1v) is 11.6. The lowest BCUT2D eigenvalue weighted by atomic mass is 9.91. The molecule has 1 aliphatic rings. The van der Waals surface area contributed by atoms with Crippen molar-refractivity contribution in [2.24, 2.45) is 5.73 Å². The molecule has 0 radical (unpaired) electrons. The third kappa shape index (κ3) is 5.32. The fourth-order valence-corrected chi connectivity index (χ4v) is 4.58. The van der Waals surface area contributed by atoms with Crippen LogP contribution in [0.2, 0.25) is 10.0 Å². The van der Waals surface area contributed by atoms with E-state index in [1.165, 1.54) is 18.0 Å². The summed E-state index contributed by atoms with van der Waals surface area (Å²) in [7, 11) is 0. The van der Waals surface area contributed by atoms with Gasteiger partial charge in [0.1, 0.15) is 16.5 Å². The monoisotopic (exact) mass is 488 g/mol. The molecule has 10 heteroatoms. The Balaban J connectivity index is 1.45. The van der Waals surface area contributed by atoms with Crippen molar-refractivity contribution in [1.82, 2.24) is 15.0 Å². The quantitative estimate of drug-likeness (QED) is 0.526. The Morgan fingerprint density at radius 1 is 1.12 bits per heavy atom. The number of rotatable bonds is 5. The SMILES string of the molecule is CC1(N)CCN(c2cnc(Sc3cccc(NC(=O)c4ncccc4Cl)c3Cl)cn2)CC1. The van der Waals surface area contributed by atoms with Crippen molar-refractivity contribution in [3.63, 3.8) is 0 Å². The average Bonchev–Trinajstić information content (AvgIpc) is 2.77. The lowest BCUT2D eigenvalue weighted by molar-refractivity contribution is 0.102. The summed E-state index contributed by atoms with van der Waals surface area (Å²) in [6.45, 7) is 3.81. The summed E-state index contributed by atoms with van der Waals surface area (Å²) in [4.78, 5) is 28.6. The van der Waals surface area contributed by atoms with Gasteiger partial charge in [0.25, 0.3) is 5.91 Å². The number of nitrogens with two attached hydrogens (primary N) is 1. The van der Waals surface area contributed by atoms with Gasteiger partial charge in [0.2, 0.25) is 0 Å². The summed E-state index contributed by atoms with van der Waals surface area (Å²) < 4.78 is 0. The van der Waals surface area contributed by atoms with Crippen LogP contribution in [0, 0.1) is 0 Å². The third-order valence-electron chi connectivity index (χ3n) is 5.24. The van der Waals surface area contributed by atoms with Crippen molar-refractivity contribution in [1.29, 1.82) is 0 Å². The van der Waals surface area contributed by atoms with Crippen LogP contribution < -0.4 is 16.0 Å². The van der Waals surface area contributed by atoms with Crippen molar-refractivity contribution in [2.75, 3.05) is 23.3 Å². The zero-order valence-electron chi connectivity index (χ0n) is 17.4. The van der Waals surface area contributed by atoms with Crippen molar-refractivity contribution >= 4 is 52.4 Å². The molecule has 0 saturated carbocycles. The van der Waals surface area contributed by atoms with Crippen LogP contribution in [-0.4, -0.2) is 39.5 Å². The first kappa shape index (κ1) is 22.8. The van der Waals surface area contributed by atoms with Crippen LogP contribution in [0.5, 0.6) is 0 Å². The first-order valence-electron chi connectivity index (χ1n) is 10.1. The molecule has 2 aromatic heterocycles. The number of amides is 1. The van der Waals surface area contributed by atoms with Crippen molar-refractivity contribution in [3.05, 3.63) is 64.7 Å². The van der Waals surface area contributed by atoms with Gasteiger partial charge >= 0.3 is 0 Å². The minimum atomic E-state index is -0.432. The number of benzene rings is 1. The van der Waals surface area contributed by atoms with Gasteiger partial charge in [0.15, 0.2) is 0 Å². The molecule has 3 heterocycles. The lowest BCUT2D eigenvalue weighted by Gasteiger charge is -2.37. The molecule has 3 aromatic rings. The maximum Gasteiger partial charge on any atom is 0.275 e. The van der Waals surface area contributed by atoms with Gasteiger partial charge in [-0.2, -0.15) is 0 Å². The van der Waals surface area contributed by atoms with E-state index in [9.17, 15) is 4.79 Å². The minimum Gasteiger partial charge on any atom is -0.355 e. The molecular formula is C22H22Cl2N6OS. The molecular weight excluding hydrogens is 467 g/mol. The summed E-state index contributed by atoms with van der Waals surface area (Å²) in [5.74, 6) is 0.406. The second-order valence-corrected chi connectivity index (χ2v) is 9.71. The number of nitrogens with zero attached hydrogens (tertiary/aromatic N) is 4. The highest BCUT2D eigenvalue weighted by Gasteiger charge is 2.26. The second-order valence-electron chi connectivity index (χ2n) is 7.86. The fraction of sp³-hybridized carbons (Fsp3) is 0.273. The molecule has 1 saturated heterocycles. The molecule has 0 unspecified atom stereocenters. The number of piperidine rings is 1. The predicted octanol–water partition coefficient (Wildman–Crippen LogP) is 4.90. The molecule has 32 heavy (non-hydrogen) atoms. The van der Waals surface area contributed by atoms with Crippen LogP contribution in [0.15, 0.2) is 58.8 Å². The summed E-state index contributed by atoms with van der Waals surface area (Å²) in [5.41, 5.74) is 6.70. The van der Waals surface area contributed by atoms with Gasteiger partial charge in [-0.25, -0.2) is 15.0 Å². The van der Waals surface area contributed by atoms with Crippen LogP contribution in [0.3, 0.4) is 0 Å². The molecule has 1 amide bonds. The molecule has 1 fully saturated rings. The molecule has 4 rings (SSSR count). The molecule has 1 aromatic carbocycles. The first-order chi connectivity index (χ1) is 15.3. The van der Waals surface area contributed by atoms with Crippen LogP contribution in [0.1, 0.15) is 30.3 Å². The summed E-state index contributed by atoms with van der Waals surface area (Å²) >= 11 is 14.0. The lowest BCUT2D eigenvalue weighted by Crippen LogP contribution is -2.48. The van der Waals surface area contributed by atoms with Gasteiger partial charge < -0.3 is 16.0 Å². The molecule has 0 spiro atoms. The zero-order chi connectivity index (χ0) is 22.7. The molecule has 3 N–H and O–H groups in total. The van der Waals surface area contributed by atoms with E-state index in [0.29, 0.717) is 15.7 Å². The molecule has 0 bridgehead atoms. The Kier molecular flexibility index (Phi) is 6.85. The standard InChI is InChI=1S/C22H22Cl2N6OS/c1-22(25)7-10-30(11-8-22)17-12-28-18(13-27-17)32-16-6-2-5-15(19(16)24)29-21(31)20-14(23)4-3-9-26-20/h2-6,9,12-13H,7-8,10-11,25H2,1H3,(H,29,31). The number of hydrogen-bond acceptors (Lipinski definition) is 7. The average molecular weight is 489 g/mol. The smallest absolute Gasteiger partial charge is 0.275 e. The van der Waals surface area contributed by atoms with Crippen molar-refractivity contribution in [3.8, 4) is 0 Å². The topological polar surface area (TPSA) is 97.0 Å². The maximum absolute atomic E-state index is 12.5. The molecule has 7 nitrogen and oxygen atoms in total. The number of aromatic nitrogens is 3. The number of pyridine rings is 1. The number of carbonyl (C=O) groups is 1. The van der Waals surface area contributed by atoms with E-state index in [1.807, 2.05) is 12.1 Å². The van der Waals surface area contributed by atoms with Crippen LogP contribution in [-0.2, 0) is 0 Å². The predicted molar refractivity (Wildman–Crippen MR) is 129 cm³/mol. The van der Waals surface area contributed by atoms with E-state index in [2.05, 4.69) is 32.1 Å². The van der Waals surface area contributed by atoms with Gasteiger partial charge in [0.05, 0.1) is 28.1 Å². The summed E-state index contributed by atoms with van der Waals surface area (Å²) in [5, 5.41) is 4.14. The molecule has 0 aliphatic carbocycles. The van der Waals surface area contributed by atoms with E-state index < -0.39 is 5.91 Å². The van der Waals surface area contributed by atoms with Crippen molar-refractivity contribution < 1.29 is 4.79 Å². The van der Waals surface area contributed by atoms with Crippen LogP contribution >= 0.6 is 35.0 Å². The summed E-state index contributed by atoms with van der Waals surface area (Å²) in [6.07, 6.45) is 6.84. The van der Waals surface area contributed by atoms with E-state index in [4.69, 9.17) is 28.9 Å². The van der Waals surface area contributed by atoms with Crippen LogP contribution in [0.25, 0.3) is 0 Å². The summed E-state index contributed by atoms with van der Waals surface area (Å²) in [6, 6.07) is 8.66. The van der Waals surface area contributed by atoms with Gasteiger partial charge in [-0.3, -0.25) is 4.79 Å². The van der Waals surface area contributed by atoms with E-state index in [1.54, 1.807) is 30.6 Å². The molecule has 166 valence electrons. The Hall–Kier alpha value is -2.39. The highest BCUT2D eigenvalue weighted by molar-refractivity contribution is 7.99. The number of nitrogens with one attached hydrogen (secondary N) is 1. The van der Waals surface area contributed by atoms with E-state index in [-0.39, 0.29) is 16.3 Å². The van der Waals surface area contributed by atoms with Gasteiger partial charge in [-0.15, -0.1) is 0 Å². The maximum atomic E-state index is 12.5. The minimum absolute atomic E-state index is 0.112. The van der Waals surface area contributed by atoms with Gasteiger partial charge in [0, 0.05) is 29.7 Å². The van der Waals surface area contributed by atoms with E-state index in [0.717, 1.165) is 36.6 Å². The largest absolute Gasteiger partial charge is 0.355 e. The van der Waals surface area contributed by atoms with Gasteiger partial charge in [-0.1, -0.05) is 41.0 Å². The zero-order valence-corrected chi connectivity index (χ0v) is 19.7. The Labute approximate surface area is 200 Å². The highest BCUT2D eigenvalue weighted by atomic mass is 35.5. The number of anilines is 2. The Morgan fingerprint density at radius 2 is 1.91 bits per heavy atom. The molecule has 0 atom stereocenters. The van der Waals surface area contributed by atoms with E-state index >= 15 is 0 Å². The Morgan fingerprint density at radius 3 is 2.59 bits per heavy atom. The number of halogens is 2. The third-order valence-corrected chi connectivity index (χ3v) is 7.05. The normalized spacial score (nSPS) is 15.4. The molecule has 1 aliphatic heterocycles. The highest BCUT2D eigenvalue weighted by Crippen LogP contribution is 2.37. The Bertz CT molecular complexity index is 1120.